The maximum atomic E-state index is 14.4. The van der Waals surface area contributed by atoms with E-state index in [1.54, 1.807) is 58.2 Å². The van der Waals surface area contributed by atoms with Crippen molar-refractivity contribution < 1.29 is 78.0 Å². The number of nitrogens with one attached hydrogen (secondary N) is 9. The summed E-state index contributed by atoms with van der Waals surface area (Å²) in [5.41, 5.74) is 28.7. The minimum absolute atomic E-state index is 0.0228. The number of aliphatic hydroxyl groups excluding tert-OH is 3. The van der Waals surface area contributed by atoms with Crippen LogP contribution in [0.3, 0.4) is 0 Å². The minimum Gasteiger partial charge on any atom is -0.480 e. The summed E-state index contributed by atoms with van der Waals surface area (Å²) < 4.78 is 0. The molecule has 2 aromatic rings. The number of aliphatic hydroxyl groups is 3. The maximum Gasteiger partial charge on any atom is 0.326 e. The van der Waals surface area contributed by atoms with E-state index in [9.17, 15) is 78.0 Å². The zero-order valence-corrected chi connectivity index (χ0v) is 48.3. The monoisotopic (exact) mass is 1200 g/mol. The molecule has 1 fully saturated rings. The second-order valence-corrected chi connectivity index (χ2v) is 21.6. The standard InChI is InChI=1S/C53H84N16O16/c1-25(2)18-33(44(76)61-32(12-8-16-59-53(57)58)43(75)66-37(23-70)48(80)65-36(52(84)85)19-26(3)4)62-47(79)38(24-71)67-50(82)42(27(5)72)68-46(78)34(20-28-22-60-31-11-7-6-10-29(28)31)63-45(77)35(21-41(56)74)64-49(81)39-13-9-17-69(39)51(83)30(54)14-15-40(55)73/h6-7,10-11,22,25-27,30,32-39,42,60,70-72H,8-9,12-21,23-24,54H2,1-5H3,(H2,55,73)(H2,56,74)(H,61,76)(H,62,79)(H,63,77)(H,64,81)(H,65,80)(H,66,75)(H,67,82)(H,68,78)(H,84,85)(H4,57,58,59)/t27-,30+,32+,33+,34+,35+,36+,37+,38+,39+,42+/m1/s1. The van der Waals surface area contributed by atoms with Gasteiger partial charge in [0.1, 0.15) is 54.4 Å². The first-order valence-corrected chi connectivity index (χ1v) is 27.8. The number of guanidine groups is 1. The lowest BCUT2D eigenvalue weighted by Gasteiger charge is -2.29. The molecule has 32 nitrogen and oxygen atoms in total. The van der Waals surface area contributed by atoms with Crippen LogP contribution < -0.4 is 71.2 Å². The number of hydrogen-bond donors (Lipinski definition) is 18. The van der Waals surface area contributed by atoms with Crippen molar-refractivity contribution in [2.45, 2.75) is 165 Å². The molecule has 0 bridgehead atoms. The number of aliphatic carboxylic acids is 1. The van der Waals surface area contributed by atoms with E-state index >= 15 is 0 Å². The zero-order chi connectivity index (χ0) is 63.8. The van der Waals surface area contributed by atoms with Crippen molar-refractivity contribution >= 4 is 87.8 Å². The van der Waals surface area contributed by atoms with Gasteiger partial charge in [-0.2, -0.15) is 0 Å². The van der Waals surface area contributed by atoms with Gasteiger partial charge in [-0.25, -0.2) is 4.79 Å². The van der Waals surface area contributed by atoms with E-state index in [1.807, 2.05) is 0 Å². The largest absolute Gasteiger partial charge is 0.480 e. The summed E-state index contributed by atoms with van der Waals surface area (Å²) >= 11 is 0. The Bertz CT molecular complexity index is 2720. The Morgan fingerprint density at radius 2 is 1.16 bits per heavy atom. The summed E-state index contributed by atoms with van der Waals surface area (Å²) in [6, 6.07) is -8.69. The molecular formula is C53H84N16O16. The number of nitrogens with zero attached hydrogens (tertiary/aromatic N) is 2. The van der Waals surface area contributed by atoms with Crippen molar-refractivity contribution in [1.82, 2.24) is 52.4 Å². The fourth-order valence-electron chi connectivity index (χ4n) is 9.18. The molecule has 1 aromatic carbocycles. The van der Waals surface area contributed by atoms with Gasteiger partial charge in [-0.3, -0.25) is 57.7 Å². The van der Waals surface area contributed by atoms with Crippen LogP contribution in [0.4, 0.5) is 0 Å². The van der Waals surface area contributed by atoms with Gasteiger partial charge in [0, 0.05) is 43.0 Å². The van der Waals surface area contributed by atoms with Gasteiger partial charge in [-0.15, -0.1) is 0 Å². The predicted octanol–water partition coefficient (Wildman–Crippen LogP) is -6.36. The number of aliphatic imine (C=N–C) groups is 1. The lowest BCUT2D eigenvalue weighted by molar-refractivity contribution is -0.143. The molecular weight excluding hydrogens is 1120 g/mol. The third-order valence-electron chi connectivity index (χ3n) is 13.6. The lowest BCUT2D eigenvalue weighted by atomic mass is 10.0. The molecule has 1 aliphatic heterocycles. The molecule has 1 aliphatic rings. The van der Waals surface area contributed by atoms with Crippen LogP contribution in [0.15, 0.2) is 35.5 Å². The molecule has 3 rings (SSSR count). The highest BCUT2D eigenvalue weighted by Crippen LogP contribution is 2.22. The highest BCUT2D eigenvalue weighted by molar-refractivity contribution is 6.00. The number of fused-ring (bicyclic) bond motifs is 1. The molecule has 0 unspecified atom stereocenters. The predicted molar refractivity (Wildman–Crippen MR) is 305 cm³/mol. The van der Waals surface area contributed by atoms with Crippen molar-refractivity contribution in [2.24, 2.45) is 45.5 Å². The van der Waals surface area contributed by atoms with E-state index in [-0.39, 0.29) is 82.3 Å². The number of amides is 11. The smallest absolute Gasteiger partial charge is 0.326 e. The number of aromatic amines is 1. The molecule has 1 aromatic heterocycles. The number of carbonyl (C=O) groups excluding carboxylic acids is 11. The van der Waals surface area contributed by atoms with Crippen molar-refractivity contribution in [3.8, 4) is 0 Å². The van der Waals surface area contributed by atoms with Gasteiger partial charge in [-0.1, -0.05) is 45.9 Å². The Morgan fingerprint density at radius 1 is 0.647 bits per heavy atom. The number of hydrogen-bond acceptors (Lipinski definition) is 17. The van der Waals surface area contributed by atoms with Gasteiger partial charge in [0.05, 0.1) is 31.8 Å². The fourth-order valence-corrected chi connectivity index (χ4v) is 9.18. The summed E-state index contributed by atoms with van der Waals surface area (Å²) in [5, 5.41) is 60.8. The van der Waals surface area contributed by atoms with E-state index in [4.69, 9.17) is 28.7 Å². The number of H-pyrrole nitrogens is 1. The molecule has 23 N–H and O–H groups in total. The van der Waals surface area contributed by atoms with Gasteiger partial charge >= 0.3 is 5.97 Å². The Morgan fingerprint density at radius 3 is 1.73 bits per heavy atom. The normalized spacial score (nSPS) is 16.6. The molecule has 11 amide bonds. The molecule has 1 saturated heterocycles. The Kier molecular flexibility index (Phi) is 28.6. The number of rotatable bonds is 36. The average Bonchev–Trinajstić information content (AvgIpc) is 4.34. The number of carboxylic acid groups (broad SMARTS) is 1. The van der Waals surface area contributed by atoms with Gasteiger partial charge in [0.2, 0.25) is 65.0 Å². The highest BCUT2D eigenvalue weighted by atomic mass is 16.4. The first-order chi connectivity index (χ1) is 40.0. The van der Waals surface area contributed by atoms with E-state index in [0.29, 0.717) is 22.9 Å². The summed E-state index contributed by atoms with van der Waals surface area (Å²) in [5.74, 6) is -13.0. The van der Waals surface area contributed by atoms with Crippen LogP contribution in [0.1, 0.15) is 98.0 Å². The quantitative estimate of drug-likeness (QED) is 0.0171. The van der Waals surface area contributed by atoms with E-state index in [0.717, 1.165) is 6.92 Å². The summed E-state index contributed by atoms with van der Waals surface area (Å²) in [6.07, 6.45) is -1.32. The van der Waals surface area contributed by atoms with Crippen molar-refractivity contribution in [3.05, 3.63) is 36.0 Å². The fraction of sp³-hybridized carbons (Fsp3) is 0.604. The molecule has 0 aliphatic carbocycles. The number of aromatic nitrogens is 1. The molecule has 472 valence electrons. The number of likely N-dealkylation sites (tertiary alicyclic amines) is 1. The van der Waals surface area contributed by atoms with Crippen molar-refractivity contribution in [3.63, 3.8) is 0 Å². The van der Waals surface area contributed by atoms with Crippen LogP contribution in [0.2, 0.25) is 0 Å². The summed E-state index contributed by atoms with van der Waals surface area (Å²) in [6.45, 7) is 5.90. The van der Waals surface area contributed by atoms with Crippen molar-refractivity contribution in [2.75, 3.05) is 26.3 Å². The molecule has 0 spiro atoms. The SMILES string of the molecule is CC(C)C[C@H](NC(=O)[C@H](CO)NC(=O)[C@H](CCCN=C(N)N)NC(=O)[C@H](CC(C)C)NC(=O)[C@H](CO)NC(=O)[C@@H](NC(=O)[C@H](Cc1c[nH]c2ccccc12)NC(=O)[C@H](CC(N)=O)NC(=O)[C@@H]1CCCN1C(=O)[C@@H](N)CCC(N)=O)[C@@H](C)O)C(=O)O. The first kappa shape index (κ1) is 70.8. The third kappa shape index (κ3) is 22.9. The van der Waals surface area contributed by atoms with Crippen LogP contribution in [0.25, 0.3) is 10.9 Å². The Balaban J connectivity index is 1.88. The zero-order valence-electron chi connectivity index (χ0n) is 48.3. The van der Waals surface area contributed by atoms with Crippen LogP contribution in [0, 0.1) is 11.8 Å². The van der Waals surface area contributed by atoms with Crippen LogP contribution in [0.5, 0.6) is 0 Å². The molecule has 0 saturated carbocycles. The second kappa shape index (κ2) is 34.3. The second-order valence-electron chi connectivity index (χ2n) is 21.6. The number of carbonyl (C=O) groups is 12. The maximum absolute atomic E-state index is 14.4. The Labute approximate surface area is 490 Å². The van der Waals surface area contributed by atoms with Gasteiger partial charge in [-0.05, 0) is 75.3 Å². The average molecular weight is 1200 g/mol. The number of nitrogens with two attached hydrogens (primary N) is 5. The van der Waals surface area contributed by atoms with E-state index in [1.165, 1.54) is 4.90 Å². The molecule has 32 heteroatoms. The van der Waals surface area contributed by atoms with Crippen molar-refractivity contribution in [1.29, 1.82) is 0 Å². The third-order valence-corrected chi connectivity index (χ3v) is 13.6. The minimum atomic E-state index is -1.93. The number of benzene rings is 1. The number of primary amides is 2. The van der Waals surface area contributed by atoms with E-state index < -0.39 is 157 Å². The molecule has 2 heterocycles. The Hall–Kier alpha value is -8.49. The van der Waals surface area contributed by atoms with Crippen LogP contribution >= 0.6 is 0 Å². The van der Waals surface area contributed by atoms with Gasteiger partial charge in [0.25, 0.3) is 0 Å². The number of para-hydroxylation sites is 1. The van der Waals surface area contributed by atoms with Crippen LogP contribution in [-0.4, -0.2) is 200 Å². The highest BCUT2D eigenvalue weighted by Gasteiger charge is 2.40. The summed E-state index contributed by atoms with van der Waals surface area (Å²) in [4.78, 5) is 168. The van der Waals surface area contributed by atoms with Crippen LogP contribution in [-0.2, 0) is 64.0 Å². The van der Waals surface area contributed by atoms with E-state index in [2.05, 4.69) is 52.5 Å². The summed E-state index contributed by atoms with van der Waals surface area (Å²) in [7, 11) is 0. The molecule has 85 heavy (non-hydrogen) atoms. The van der Waals surface area contributed by atoms with Gasteiger partial charge < -0.3 is 102 Å². The van der Waals surface area contributed by atoms with Gasteiger partial charge in [0.15, 0.2) is 5.96 Å². The first-order valence-electron chi connectivity index (χ1n) is 27.8. The topological polar surface area (TPSA) is 543 Å². The lowest BCUT2D eigenvalue weighted by Crippen LogP contribution is -2.63. The molecule has 11 atom stereocenters. The number of carboxylic acids is 1. The molecule has 0 radical (unpaired) electrons.